The van der Waals surface area contributed by atoms with E-state index in [-0.39, 0.29) is 0 Å². The minimum Gasteiger partial charge on any atom is -0.465 e. The lowest BCUT2D eigenvalue weighted by Crippen LogP contribution is -2.16. The number of ether oxygens (including phenoxy) is 1. The second kappa shape index (κ2) is 15.2. The highest BCUT2D eigenvalue weighted by Gasteiger charge is 2.22. The lowest BCUT2D eigenvalue weighted by atomic mass is 10.0. The zero-order valence-electron chi connectivity index (χ0n) is 18.5. The number of benzene rings is 1. The predicted molar refractivity (Wildman–Crippen MR) is 123 cm³/mol. The first-order chi connectivity index (χ1) is 14.3. The number of para-hydroxylation sites is 1. The number of rotatable bonds is 17. The maximum Gasteiger partial charge on any atom is 0.189 e. The number of aldehydes is 1. The lowest BCUT2D eigenvalue weighted by Gasteiger charge is -2.22. The van der Waals surface area contributed by atoms with E-state index in [1.807, 2.05) is 24.3 Å². The molecule has 29 heavy (non-hydrogen) atoms. The lowest BCUT2D eigenvalue weighted by molar-refractivity contribution is -0.114. The molecule has 1 aliphatic heterocycles. The molecule has 1 unspecified atom stereocenters. The number of aliphatic imine (C=N–C) groups is 1. The van der Waals surface area contributed by atoms with E-state index in [0.717, 1.165) is 36.3 Å². The Balaban J connectivity index is 1.43. The van der Waals surface area contributed by atoms with Crippen molar-refractivity contribution in [2.24, 2.45) is 4.99 Å². The first-order valence-corrected chi connectivity index (χ1v) is 12.1. The molecule has 0 aromatic heterocycles. The van der Waals surface area contributed by atoms with Crippen molar-refractivity contribution in [2.75, 3.05) is 0 Å². The summed E-state index contributed by atoms with van der Waals surface area (Å²) in [6.45, 7) is 2.28. The van der Waals surface area contributed by atoms with Gasteiger partial charge < -0.3 is 4.74 Å². The molecule has 0 saturated carbocycles. The average molecular weight is 400 g/mol. The van der Waals surface area contributed by atoms with Gasteiger partial charge in [0.2, 0.25) is 0 Å². The van der Waals surface area contributed by atoms with E-state index in [2.05, 4.69) is 11.9 Å². The summed E-state index contributed by atoms with van der Waals surface area (Å²) in [5, 5.41) is 0. The maximum atomic E-state index is 11.3. The Bertz CT molecular complexity index is 596. The molecule has 0 saturated heterocycles. The van der Waals surface area contributed by atoms with Crippen LogP contribution in [0.15, 0.2) is 29.3 Å². The van der Waals surface area contributed by atoms with Crippen LogP contribution in [-0.4, -0.2) is 12.2 Å². The van der Waals surface area contributed by atoms with Crippen LogP contribution >= 0.6 is 0 Å². The summed E-state index contributed by atoms with van der Waals surface area (Å²) in [4.78, 5) is 15.9. The number of hydrogen-bond donors (Lipinski definition) is 0. The van der Waals surface area contributed by atoms with Gasteiger partial charge in [0.1, 0.15) is 0 Å². The highest BCUT2D eigenvalue weighted by atomic mass is 16.5. The van der Waals surface area contributed by atoms with Crippen molar-refractivity contribution in [3.05, 3.63) is 29.8 Å². The van der Waals surface area contributed by atoms with Crippen LogP contribution in [0.4, 0.5) is 5.69 Å². The van der Waals surface area contributed by atoms with Crippen molar-refractivity contribution >= 4 is 17.9 Å². The molecule has 0 bridgehead atoms. The number of carbonyl (C=O) groups is 1. The zero-order chi connectivity index (χ0) is 20.6. The molecule has 0 spiro atoms. The van der Waals surface area contributed by atoms with Gasteiger partial charge in [-0.3, -0.25) is 4.79 Å². The van der Waals surface area contributed by atoms with Gasteiger partial charge >= 0.3 is 0 Å². The third kappa shape index (κ3) is 9.60. The van der Waals surface area contributed by atoms with E-state index >= 15 is 0 Å². The topological polar surface area (TPSA) is 38.7 Å². The SMILES string of the molecule is CCCCCCCCCCCCCCCCCC1=Nc2ccccc2C(C=O)O1. The van der Waals surface area contributed by atoms with Crippen molar-refractivity contribution in [2.45, 2.75) is 116 Å². The Labute approximate surface area is 178 Å². The molecule has 0 amide bonds. The van der Waals surface area contributed by atoms with Gasteiger partial charge in [-0.25, -0.2) is 4.99 Å². The molecule has 2 rings (SSSR count). The van der Waals surface area contributed by atoms with Crippen LogP contribution in [-0.2, 0) is 9.53 Å². The highest BCUT2D eigenvalue weighted by molar-refractivity contribution is 5.85. The van der Waals surface area contributed by atoms with Crippen LogP contribution in [0.25, 0.3) is 0 Å². The van der Waals surface area contributed by atoms with Gasteiger partial charge in [-0.15, -0.1) is 0 Å². The first kappa shape index (κ1) is 23.6. The molecule has 0 fully saturated rings. The van der Waals surface area contributed by atoms with Gasteiger partial charge in [0, 0.05) is 12.0 Å². The summed E-state index contributed by atoms with van der Waals surface area (Å²) in [7, 11) is 0. The molecule has 0 radical (unpaired) electrons. The monoisotopic (exact) mass is 399 g/mol. The zero-order valence-corrected chi connectivity index (χ0v) is 18.5. The van der Waals surface area contributed by atoms with Gasteiger partial charge in [-0.2, -0.15) is 0 Å². The summed E-state index contributed by atoms with van der Waals surface area (Å²) in [5.74, 6) is 0.718. The van der Waals surface area contributed by atoms with Gasteiger partial charge in [0.05, 0.1) is 5.69 Å². The van der Waals surface area contributed by atoms with E-state index in [9.17, 15) is 4.79 Å². The van der Waals surface area contributed by atoms with Crippen LogP contribution in [0.5, 0.6) is 0 Å². The van der Waals surface area contributed by atoms with Crippen LogP contribution in [0, 0.1) is 0 Å². The van der Waals surface area contributed by atoms with E-state index in [1.54, 1.807) is 0 Å². The molecule has 0 N–H and O–H groups in total. The average Bonchev–Trinajstić information content (AvgIpc) is 2.75. The van der Waals surface area contributed by atoms with Crippen molar-refractivity contribution in [1.82, 2.24) is 0 Å². The Morgan fingerprint density at radius 3 is 1.86 bits per heavy atom. The number of hydrogen-bond acceptors (Lipinski definition) is 3. The standard InChI is InChI=1S/C26H41NO2/c1-2-3-4-5-6-7-8-9-10-11-12-13-14-15-16-21-26-27-24-20-18-17-19-23(24)25(22-28)29-26/h17-20,22,25H,2-16,21H2,1H3. The third-order valence-corrected chi connectivity index (χ3v) is 5.87. The summed E-state index contributed by atoms with van der Waals surface area (Å²) >= 11 is 0. The molecule has 3 heteroatoms. The second-order valence-corrected chi connectivity index (χ2v) is 8.44. The number of carbonyl (C=O) groups excluding carboxylic acids is 1. The normalized spacial score (nSPS) is 15.5. The molecular weight excluding hydrogens is 358 g/mol. The highest BCUT2D eigenvalue weighted by Crippen LogP contribution is 2.32. The fourth-order valence-corrected chi connectivity index (χ4v) is 4.06. The van der Waals surface area contributed by atoms with Gasteiger partial charge in [0.15, 0.2) is 18.3 Å². The van der Waals surface area contributed by atoms with Crippen molar-refractivity contribution in [3.63, 3.8) is 0 Å². The van der Waals surface area contributed by atoms with Crippen molar-refractivity contribution < 1.29 is 9.53 Å². The Morgan fingerprint density at radius 2 is 1.31 bits per heavy atom. The molecule has 0 aliphatic carbocycles. The van der Waals surface area contributed by atoms with Crippen LogP contribution < -0.4 is 0 Å². The van der Waals surface area contributed by atoms with Gasteiger partial charge in [-0.05, 0) is 12.5 Å². The Morgan fingerprint density at radius 1 is 0.793 bits per heavy atom. The summed E-state index contributed by atoms with van der Waals surface area (Å²) in [6.07, 6.45) is 21.7. The molecule has 1 aliphatic rings. The number of unbranched alkanes of at least 4 members (excludes halogenated alkanes) is 14. The molecule has 1 heterocycles. The summed E-state index contributed by atoms with van der Waals surface area (Å²) in [6, 6.07) is 7.76. The van der Waals surface area contributed by atoms with Gasteiger partial charge in [-0.1, -0.05) is 115 Å². The third-order valence-electron chi connectivity index (χ3n) is 5.87. The molecule has 1 atom stereocenters. The number of nitrogens with zero attached hydrogens (tertiary/aromatic N) is 1. The fourth-order valence-electron chi connectivity index (χ4n) is 4.06. The maximum absolute atomic E-state index is 11.3. The minimum absolute atomic E-state index is 0.491. The second-order valence-electron chi connectivity index (χ2n) is 8.44. The molecule has 1 aromatic carbocycles. The van der Waals surface area contributed by atoms with E-state index in [4.69, 9.17) is 4.74 Å². The molecule has 1 aromatic rings. The minimum atomic E-state index is -0.491. The van der Waals surface area contributed by atoms with Gasteiger partial charge in [0.25, 0.3) is 0 Å². The van der Waals surface area contributed by atoms with Crippen LogP contribution in [0.1, 0.15) is 121 Å². The largest absolute Gasteiger partial charge is 0.465 e. The Hall–Kier alpha value is -1.64. The molecular formula is C26H41NO2. The fraction of sp³-hybridized carbons (Fsp3) is 0.692. The summed E-state index contributed by atoms with van der Waals surface area (Å²) in [5.41, 5.74) is 1.76. The predicted octanol–water partition coefficient (Wildman–Crippen LogP) is 8.25. The summed E-state index contributed by atoms with van der Waals surface area (Å²) < 4.78 is 5.76. The van der Waals surface area contributed by atoms with E-state index < -0.39 is 6.10 Å². The van der Waals surface area contributed by atoms with Crippen molar-refractivity contribution in [3.8, 4) is 0 Å². The Kier molecular flexibility index (Phi) is 12.4. The number of fused-ring (bicyclic) bond motifs is 1. The van der Waals surface area contributed by atoms with Crippen LogP contribution in [0.3, 0.4) is 0 Å². The first-order valence-electron chi connectivity index (χ1n) is 12.1. The van der Waals surface area contributed by atoms with E-state index in [1.165, 1.54) is 89.9 Å². The molecule has 3 nitrogen and oxygen atoms in total. The van der Waals surface area contributed by atoms with Crippen molar-refractivity contribution in [1.29, 1.82) is 0 Å². The smallest absolute Gasteiger partial charge is 0.189 e. The van der Waals surface area contributed by atoms with E-state index in [0.29, 0.717) is 0 Å². The molecule has 162 valence electrons. The quantitative estimate of drug-likeness (QED) is 0.195. The van der Waals surface area contributed by atoms with Crippen LogP contribution in [0.2, 0.25) is 0 Å².